The first-order valence-electron chi connectivity index (χ1n) is 5.73. The third-order valence-electron chi connectivity index (χ3n) is 2.85. The Morgan fingerprint density at radius 3 is 3.12 bits per heavy atom. The van der Waals surface area contributed by atoms with E-state index in [4.69, 9.17) is 4.74 Å². The lowest BCUT2D eigenvalue weighted by molar-refractivity contribution is 0.0950. The molecule has 0 saturated carbocycles. The minimum Gasteiger partial charge on any atom is -0.381 e. The summed E-state index contributed by atoms with van der Waals surface area (Å²) < 4.78 is 17.8. The number of carbonyl (C=O) groups excluding carboxylic acids is 1. The van der Waals surface area contributed by atoms with Crippen LogP contribution in [0.2, 0.25) is 0 Å². The Bertz CT molecular complexity index is 375. The van der Waals surface area contributed by atoms with Crippen molar-refractivity contribution in [3.05, 3.63) is 29.8 Å². The monoisotopic (exact) mass is 238 g/mol. The minimum absolute atomic E-state index is 0.212. The lowest BCUT2D eigenvalue weighted by Gasteiger charge is -2.08. The second kappa shape index (κ2) is 5.72. The first-order chi connectivity index (χ1) is 8.25. The summed E-state index contributed by atoms with van der Waals surface area (Å²) in [4.78, 5) is 15.1. The van der Waals surface area contributed by atoms with Crippen LogP contribution in [0.5, 0.6) is 0 Å². The first kappa shape index (κ1) is 12.0. The number of carbonyl (C=O) groups is 1. The van der Waals surface area contributed by atoms with E-state index in [2.05, 4.69) is 10.3 Å². The third-order valence-corrected chi connectivity index (χ3v) is 2.85. The average Bonchev–Trinajstić information content (AvgIpc) is 2.83. The zero-order chi connectivity index (χ0) is 12.1. The third kappa shape index (κ3) is 3.49. The van der Waals surface area contributed by atoms with Crippen molar-refractivity contribution < 1.29 is 13.9 Å². The summed E-state index contributed by atoms with van der Waals surface area (Å²) in [7, 11) is 0. The van der Waals surface area contributed by atoms with E-state index in [1.54, 1.807) is 0 Å². The van der Waals surface area contributed by atoms with Gasteiger partial charge in [0.05, 0.1) is 5.56 Å². The van der Waals surface area contributed by atoms with Crippen LogP contribution in [-0.4, -0.2) is 30.6 Å². The Hall–Kier alpha value is -1.49. The van der Waals surface area contributed by atoms with Crippen molar-refractivity contribution in [3.8, 4) is 0 Å². The van der Waals surface area contributed by atoms with Crippen LogP contribution >= 0.6 is 0 Å². The van der Waals surface area contributed by atoms with E-state index in [9.17, 15) is 9.18 Å². The highest BCUT2D eigenvalue weighted by Gasteiger charge is 2.15. The lowest BCUT2D eigenvalue weighted by Crippen LogP contribution is -2.26. The molecule has 1 fully saturated rings. The maximum atomic E-state index is 12.5. The van der Waals surface area contributed by atoms with Gasteiger partial charge in [-0.15, -0.1) is 0 Å². The Morgan fingerprint density at radius 1 is 1.59 bits per heavy atom. The van der Waals surface area contributed by atoms with Gasteiger partial charge in [0.2, 0.25) is 5.95 Å². The number of aromatic nitrogens is 1. The van der Waals surface area contributed by atoms with E-state index in [-0.39, 0.29) is 5.91 Å². The fourth-order valence-corrected chi connectivity index (χ4v) is 1.81. The summed E-state index contributed by atoms with van der Waals surface area (Å²) in [6.07, 6.45) is 3.22. The molecule has 1 unspecified atom stereocenters. The van der Waals surface area contributed by atoms with Crippen LogP contribution in [0.25, 0.3) is 0 Å². The maximum Gasteiger partial charge on any atom is 0.252 e. The Morgan fingerprint density at radius 2 is 2.47 bits per heavy atom. The maximum absolute atomic E-state index is 12.5. The molecule has 92 valence electrons. The van der Waals surface area contributed by atoms with Crippen LogP contribution in [0.4, 0.5) is 4.39 Å². The number of halogens is 1. The number of rotatable bonds is 4. The number of nitrogens with zero attached hydrogens (tertiary/aromatic N) is 1. The molecular weight excluding hydrogens is 223 g/mol. The highest BCUT2D eigenvalue weighted by Crippen LogP contribution is 2.15. The molecule has 2 heterocycles. The summed E-state index contributed by atoms with van der Waals surface area (Å²) in [6.45, 7) is 2.22. The number of amides is 1. The zero-order valence-electron chi connectivity index (χ0n) is 9.49. The van der Waals surface area contributed by atoms with E-state index in [1.165, 1.54) is 18.3 Å². The van der Waals surface area contributed by atoms with Gasteiger partial charge in [0.25, 0.3) is 5.91 Å². The fourth-order valence-electron chi connectivity index (χ4n) is 1.81. The quantitative estimate of drug-likeness (QED) is 0.806. The number of pyridine rings is 1. The van der Waals surface area contributed by atoms with Gasteiger partial charge in [-0.3, -0.25) is 4.79 Å². The van der Waals surface area contributed by atoms with Crippen molar-refractivity contribution in [1.82, 2.24) is 10.3 Å². The summed E-state index contributed by atoms with van der Waals surface area (Å²) in [5.74, 6) is -0.247. The molecule has 17 heavy (non-hydrogen) atoms. The lowest BCUT2D eigenvalue weighted by atomic mass is 10.1. The van der Waals surface area contributed by atoms with E-state index in [1.807, 2.05) is 0 Å². The SMILES string of the molecule is O=C(NCCC1CCOC1)c1ccc(F)nc1. The van der Waals surface area contributed by atoms with E-state index >= 15 is 0 Å². The second-order valence-electron chi connectivity index (χ2n) is 4.14. The zero-order valence-corrected chi connectivity index (χ0v) is 9.49. The molecule has 0 aliphatic carbocycles. The predicted octanol–water partition coefficient (Wildman–Crippen LogP) is 1.38. The standard InChI is InChI=1S/C12H15FN2O2/c13-11-2-1-10(7-15-11)12(16)14-5-3-9-4-6-17-8-9/h1-2,7,9H,3-6,8H2,(H,14,16). The largest absolute Gasteiger partial charge is 0.381 e. The van der Waals surface area contributed by atoms with Gasteiger partial charge in [0.1, 0.15) is 0 Å². The molecule has 0 aromatic carbocycles. The normalized spacial score (nSPS) is 19.2. The van der Waals surface area contributed by atoms with Crippen molar-refractivity contribution in [2.75, 3.05) is 19.8 Å². The fraction of sp³-hybridized carbons (Fsp3) is 0.500. The van der Waals surface area contributed by atoms with Crippen LogP contribution < -0.4 is 5.32 Å². The summed E-state index contributed by atoms with van der Waals surface area (Å²) >= 11 is 0. The second-order valence-corrected chi connectivity index (χ2v) is 4.14. The topological polar surface area (TPSA) is 51.2 Å². The molecule has 1 saturated heterocycles. The van der Waals surface area contributed by atoms with E-state index in [0.29, 0.717) is 18.0 Å². The van der Waals surface area contributed by atoms with Crippen LogP contribution in [0.15, 0.2) is 18.3 Å². The van der Waals surface area contributed by atoms with Gasteiger partial charge in [-0.1, -0.05) is 0 Å². The number of hydrogen-bond donors (Lipinski definition) is 1. The molecule has 5 heteroatoms. The Kier molecular flexibility index (Phi) is 4.03. The molecule has 0 bridgehead atoms. The van der Waals surface area contributed by atoms with Gasteiger partial charge in [0, 0.05) is 26.0 Å². The van der Waals surface area contributed by atoms with Crippen LogP contribution in [0.3, 0.4) is 0 Å². The van der Waals surface area contributed by atoms with Gasteiger partial charge in [-0.05, 0) is 30.9 Å². The molecule has 1 atom stereocenters. The van der Waals surface area contributed by atoms with Gasteiger partial charge in [-0.2, -0.15) is 4.39 Å². The molecule has 1 aliphatic heterocycles. The molecule has 1 N–H and O–H groups in total. The van der Waals surface area contributed by atoms with Gasteiger partial charge in [0.15, 0.2) is 0 Å². The molecule has 0 spiro atoms. The molecular formula is C12H15FN2O2. The molecule has 2 rings (SSSR count). The summed E-state index contributed by atoms with van der Waals surface area (Å²) in [5, 5.41) is 2.79. The number of hydrogen-bond acceptors (Lipinski definition) is 3. The van der Waals surface area contributed by atoms with Crippen LogP contribution in [0, 0.1) is 11.9 Å². The number of ether oxygens (including phenoxy) is 1. The minimum atomic E-state index is -0.579. The smallest absolute Gasteiger partial charge is 0.252 e. The number of nitrogens with one attached hydrogen (secondary N) is 1. The first-order valence-corrected chi connectivity index (χ1v) is 5.73. The van der Waals surface area contributed by atoms with Gasteiger partial charge >= 0.3 is 0 Å². The Balaban J connectivity index is 1.75. The molecule has 0 radical (unpaired) electrons. The highest BCUT2D eigenvalue weighted by molar-refractivity contribution is 5.93. The molecule has 4 nitrogen and oxygen atoms in total. The van der Waals surface area contributed by atoms with Gasteiger partial charge in [-0.25, -0.2) is 4.98 Å². The molecule has 1 aromatic heterocycles. The highest BCUT2D eigenvalue weighted by atomic mass is 19.1. The molecule has 1 amide bonds. The van der Waals surface area contributed by atoms with Crippen LogP contribution in [0.1, 0.15) is 23.2 Å². The molecule has 1 aromatic rings. The van der Waals surface area contributed by atoms with E-state index in [0.717, 1.165) is 26.1 Å². The van der Waals surface area contributed by atoms with Crippen LogP contribution in [-0.2, 0) is 4.74 Å². The van der Waals surface area contributed by atoms with Crippen molar-refractivity contribution in [2.45, 2.75) is 12.8 Å². The van der Waals surface area contributed by atoms with Crippen molar-refractivity contribution in [1.29, 1.82) is 0 Å². The average molecular weight is 238 g/mol. The van der Waals surface area contributed by atoms with Crippen molar-refractivity contribution in [2.24, 2.45) is 5.92 Å². The van der Waals surface area contributed by atoms with Crippen molar-refractivity contribution in [3.63, 3.8) is 0 Å². The van der Waals surface area contributed by atoms with Gasteiger partial charge < -0.3 is 10.1 Å². The van der Waals surface area contributed by atoms with E-state index < -0.39 is 5.95 Å². The van der Waals surface area contributed by atoms with Crippen molar-refractivity contribution >= 4 is 5.91 Å². The predicted molar refractivity (Wildman–Crippen MR) is 60.1 cm³/mol. The molecule has 1 aliphatic rings. The summed E-state index contributed by atoms with van der Waals surface area (Å²) in [6, 6.07) is 2.61. The Labute approximate surface area is 99.2 Å². The summed E-state index contributed by atoms with van der Waals surface area (Å²) in [5.41, 5.74) is 0.383.